The molecule has 0 radical (unpaired) electrons. The summed E-state index contributed by atoms with van der Waals surface area (Å²) in [5.74, 6) is 1.37. The number of benzene rings is 1. The first kappa shape index (κ1) is 17.8. The molecule has 1 amide bonds. The van der Waals surface area contributed by atoms with Gasteiger partial charge < -0.3 is 20.2 Å². The fourth-order valence-corrected chi connectivity index (χ4v) is 3.92. The molecule has 25 heavy (non-hydrogen) atoms. The van der Waals surface area contributed by atoms with Gasteiger partial charge in [0.05, 0.1) is 18.2 Å². The lowest BCUT2D eigenvalue weighted by Gasteiger charge is -2.40. The predicted octanol–water partition coefficient (Wildman–Crippen LogP) is 3.73. The van der Waals surface area contributed by atoms with Crippen molar-refractivity contribution in [1.82, 2.24) is 5.32 Å². The van der Waals surface area contributed by atoms with Crippen molar-refractivity contribution in [2.75, 3.05) is 0 Å². The minimum atomic E-state index is -0.134. The number of fused-ring (bicyclic) bond motifs is 1. The normalized spacial score (nSPS) is 20.4. The quantitative estimate of drug-likeness (QED) is 0.872. The van der Waals surface area contributed by atoms with E-state index in [-0.39, 0.29) is 36.5 Å². The molecule has 1 aliphatic carbocycles. The summed E-state index contributed by atoms with van der Waals surface area (Å²) in [4.78, 5) is 12.6. The first-order chi connectivity index (χ1) is 11.7. The van der Waals surface area contributed by atoms with E-state index in [2.05, 4.69) is 5.32 Å². The van der Waals surface area contributed by atoms with Crippen LogP contribution in [0.25, 0.3) is 0 Å². The van der Waals surface area contributed by atoms with Gasteiger partial charge in [0.2, 0.25) is 0 Å². The predicted molar refractivity (Wildman–Crippen MR) is 96.9 cm³/mol. The fraction of sp³-hybridized carbons (Fsp3) is 0.421. The van der Waals surface area contributed by atoms with Crippen LogP contribution >= 0.6 is 12.4 Å². The number of halogens is 1. The van der Waals surface area contributed by atoms with Crippen LogP contribution in [0.3, 0.4) is 0 Å². The number of amides is 1. The average molecular weight is 363 g/mol. The molecule has 1 unspecified atom stereocenters. The van der Waals surface area contributed by atoms with E-state index in [9.17, 15) is 4.79 Å². The molecule has 1 aromatic carbocycles. The molecule has 6 heteroatoms. The van der Waals surface area contributed by atoms with Crippen LogP contribution in [0.1, 0.15) is 59.8 Å². The van der Waals surface area contributed by atoms with Gasteiger partial charge in [-0.1, -0.05) is 18.2 Å². The standard InChI is InChI=1S/C19H22N2O3.ClH/c20-11-14-9-13(12-23-14)18(22)21-16-10-19(7-3-4-8-19)24-17-6-2-1-5-15(16)17;/h1-2,5-6,9,12,16H,3-4,7-8,10-11,20H2,(H,21,22);1H. The number of ether oxygens (including phenoxy) is 1. The highest BCUT2D eigenvalue weighted by molar-refractivity contribution is 5.94. The summed E-state index contributed by atoms with van der Waals surface area (Å²) < 4.78 is 11.6. The lowest BCUT2D eigenvalue weighted by Crippen LogP contribution is -2.43. The van der Waals surface area contributed by atoms with Crippen molar-refractivity contribution in [3.05, 3.63) is 53.5 Å². The summed E-state index contributed by atoms with van der Waals surface area (Å²) in [7, 11) is 0. The lowest BCUT2D eigenvalue weighted by atomic mass is 9.86. The highest BCUT2D eigenvalue weighted by Gasteiger charge is 2.43. The topological polar surface area (TPSA) is 77.5 Å². The van der Waals surface area contributed by atoms with Gasteiger partial charge in [0.15, 0.2) is 0 Å². The van der Waals surface area contributed by atoms with Crippen LogP contribution in [-0.2, 0) is 6.54 Å². The number of carbonyl (C=O) groups is 1. The van der Waals surface area contributed by atoms with Crippen LogP contribution in [0.2, 0.25) is 0 Å². The maximum atomic E-state index is 12.6. The SMILES string of the molecule is Cl.NCc1cc(C(=O)NC2CC3(CCCC3)Oc3ccccc32)co1. The van der Waals surface area contributed by atoms with Gasteiger partial charge in [-0.2, -0.15) is 0 Å². The maximum Gasteiger partial charge on any atom is 0.255 e. The summed E-state index contributed by atoms with van der Waals surface area (Å²) in [5, 5.41) is 3.16. The van der Waals surface area contributed by atoms with Crippen LogP contribution in [-0.4, -0.2) is 11.5 Å². The third kappa shape index (κ3) is 3.39. The van der Waals surface area contributed by atoms with E-state index in [1.807, 2.05) is 24.3 Å². The minimum absolute atomic E-state index is 0. The molecule has 2 aliphatic rings. The second kappa shape index (κ2) is 7.10. The Balaban J connectivity index is 0.00000182. The zero-order valence-corrected chi connectivity index (χ0v) is 14.8. The Morgan fingerprint density at radius 3 is 2.76 bits per heavy atom. The Bertz CT molecular complexity index is 753. The molecule has 1 aromatic heterocycles. The lowest BCUT2D eigenvalue weighted by molar-refractivity contribution is 0.0360. The van der Waals surface area contributed by atoms with Crippen molar-refractivity contribution >= 4 is 18.3 Å². The molecular formula is C19H23ClN2O3. The van der Waals surface area contributed by atoms with Crippen molar-refractivity contribution in [3.63, 3.8) is 0 Å². The van der Waals surface area contributed by atoms with Crippen molar-refractivity contribution in [1.29, 1.82) is 0 Å². The number of carbonyl (C=O) groups excluding carboxylic acids is 1. The van der Waals surface area contributed by atoms with Gasteiger partial charge in [-0.05, 0) is 37.8 Å². The highest BCUT2D eigenvalue weighted by atomic mass is 35.5. The van der Waals surface area contributed by atoms with Crippen molar-refractivity contribution in [3.8, 4) is 5.75 Å². The van der Waals surface area contributed by atoms with Gasteiger partial charge in [0.25, 0.3) is 5.91 Å². The molecule has 1 atom stereocenters. The smallest absolute Gasteiger partial charge is 0.255 e. The molecule has 0 bridgehead atoms. The minimum Gasteiger partial charge on any atom is -0.487 e. The molecule has 4 rings (SSSR count). The number of para-hydroxylation sites is 1. The number of rotatable bonds is 3. The molecule has 2 aromatic rings. The Morgan fingerprint density at radius 2 is 2.04 bits per heavy atom. The Morgan fingerprint density at radius 1 is 1.28 bits per heavy atom. The highest BCUT2D eigenvalue weighted by Crippen LogP contribution is 2.47. The van der Waals surface area contributed by atoms with E-state index in [4.69, 9.17) is 14.9 Å². The Kier molecular flexibility index (Phi) is 5.06. The van der Waals surface area contributed by atoms with Crippen molar-refractivity contribution < 1.29 is 13.9 Å². The molecule has 134 valence electrons. The van der Waals surface area contributed by atoms with Crippen molar-refractivity contribution in [2.24, 2.45) is 5.73 Å². The summed E-state index contributed by atoms with van der Waals surface area (Å²) in [5.41, 5.74) is 6.97. The number of nitrogens with one attached hydrogen (secondary N) is 1. The number of hydrogen-bond donors (Lipinski definition) is 2. The number of furan rings is 1. The summed E-state index contributed by atoms with van der Waals surface area (Å²) in [6, 6.07) is 9.65. The zero-order chi connectivity index (χ0) is 16.6. The van der Waals surface area contributed by atoms with Crippen LogP contribution < -0.4 is 15.8 Å². The number of hydrogen-bond acceptors (Lipinski definition) is 4. The second-order valence-electron chi connectivity index (χ2n) is 6.77. The first-order valence-electron chi connectivity index (χ1n) is 8.55. The fourth-order valence-electron chi connectivity index (χ4n) is 3.92. The summed E-state index contributed by atoms with van der Waals surface area (Å²) in [6.45, 7) is 0.288. The zero-order valence-electron chi connectivity index (χ0n) is 14.0. The maximum absolute atomic E-state index is 12.6. The third-order valence-electron chi connectivity index (χ3n) is 5.13. The number of nitrogens with two attached hydrogens (primary N) is 1. The third-order valence-corrected chi connectivity index (χ3v) is 5.13. The monoisotopic (exact) mass is 362 g/mol. The van der Waals surface area contributed by atoms with E-state index >= 15 is 0 Å². The molecule has 5 nitrogen and oxygen atoms in total. The first-order valence-corrected chi connectivity index (χ1v) is 8.55. The van der Waals surface area contributed by atoms with E-state index in [1.54, 1.807) is 6.07 Å². The van der Waals surface area contributed by atoms with Gasteiger partial charge in [-0.25, -0.2) is 0 Å². The van der Waals surface area contributed by atoms with Crippen LogP contribution in [0, 0.1) is 0 Å². The van der Waals surface area contributed by atoms with Crippen LogP contribution in [0.5, 0.6) is 5.75 Å². The second-order valence-corrected chi connectivity index (χ2v) is 6.77. The largest absolute Gasteiger partial charge is 0.487 e. The van der Waals surface area contributed by atoms with Crippen LogP contribution in [0.4, 0.5) is 0 Å². The van der Waals surface area contributed by atoms with Gasteiger partial charge in [-0.3, -0.25) is 4.79 Å². The molecule has 3 N–H and O–H groups in total. The van der Waals surface area contributed by atoms with Gasteiger partial charge in [0.1, 0.15) is 23.4 Å². The van der Waals surface area contributed by atoms with E-state index in [0.29, 0.717) is 11.3 Å². The molecule has 1 aliphatic heterocycles. The van der Waals surface area contributed by atoms with Gasteiger partial charge in [-0.15, -0.1) is 12.4 Å². The Labute approximate surface area is 153 Å². The van der Waals surface area contributed by atoms with E-state index in [0.717, 1.165) is 30.6 Å². The van der Waals surface area contributed by atoms with E-state index in [1.165, 1.54) is 19.1 Å². The molecule has 0 saturated heterocycles. The van der Waals surface area contributed by atoms with Crippen LogP contribution in [0.15, 0.2) is 41.0 Å². The van der Waals surface area contributed by atoms with Gasteiger partial charge in [0, 0.05) is 12.0 Å². The van der Waals surface area contributed by atoms with Gasteiger partial charge >= 0.3 is 0 Å². The molecular weight excluding hydrogens is 340 g/mol. The van der Waals surface area contributed by atoms with E-state index < -0.39 is 0 Å². The molecule has 1 spiro atoms. The summed E-state index contributed by atoms with van der Waals surface area (Å²) >= 11 is 0. The molecule has 2 heterocycles. The molecule has 1 saturated carbocycles. The summed E-state index contributed by atoms with van der Waals surface area (Å²) in [6.07, 6.45) is 6.76. The average Bonchev–Trinajstić information content (AvgIpc) is 3.24. The van der Waals surface area contributed by atoms with Crippen molar-refractivity contribution in [2.45, 2.75) is 50.3 Å². The Hall–Kier alpha value is -1.98. The molecule has 1 fully saturated rings.